The number of nitro benzene ring substituents is 1. The first-order valence-corrected chi connectivity index (χ1v) is 7.26. The van der Waals surface area contributed by atoms with Gasteiger partial charge in [-0.1, -0.05) is 31.5 Å². The summed E-state index contributed by atoms with van der Waals surface area (Å²) in [5, 5.41) is 14.1. The highest BCUT2D eigenvalue weighted by Gasteiger charge is 2.10. The fraction of sp³-hybridized carbons (Fsp3) is 0.600. The number of hydrogen-bond acceptors (Lipinski definition) is 4. The number of nitrogens with one attached hydrogen (secondary N) is 1. The van der Waals surface area contributed by atoms with E-state index >= 15 is 0 Å². The first-order valence-electron chi connectivity index (χ1n) is 7.26. The van der Waals surface area contributed by atoms with Crippen molar-refractivity contribution in [1.82, 2.24) is 5.32 Å². The molecule has 0 saturated heterocycles. The van der Waals surface area contributed by atoms with Crippen LogP contribution >= 0.6 is 0 Å². The van der Waals surface area contributed by atoms with Crippen LogP contribution in [0, 0.1) is 10.1 Å². The average molecular weight is 280 g/mol. The first kappa shape index (κ1) is 16.6. The largest absolute Gasteiger partial charge is 0.381 e. The number of benzene rings is 1. The van der Waals surface area contributed by atoms with E-state index in [-0.39, 0.29) is 10.6 Å². The van der Waals surface area contributed by atoms with Gasteiger partial charge >= 0.3 is 0 Å². The van der Waals surface area contributed by atoms with Crippen LogP contribution in [0.3, 0.4) is 0 Å². The molecule has 0 bridgehead atoms. The molecule has 0 saturated carbocycles. The molecule has 0 radical (unpaired) electrons. The monoisotopic (exact) mass is 280 g/mol. The van der Waals surface area contributed by atoms with Crippen molar-refractivity contribution >= 4 is 5.69 Å². The number of unbranched alkanes of at least 4 members (excludes halogenated alkanes) is 1. The van der Waals surface area contributed by atoms with Gasteiger partial charge in [0, 0.05) is 24.8 Å². The molecule has 112 valence electrons. The van der Waals surface area contributed by atoms with E-state index in [0.717, 1.165) is 51.1 Å². The third kappa shape index (κ3) is 6.63. The van der Waals surface area contributed by atoms with Gasteiger partial charge in [0.2, 0.25) is 0 Å². The third-order valence-electron chi connectivity index (χ3n) is 3.04. The summed E-state index contributed by atoms with van der Waals surface area (Å²) in [5.41, 5.74) is 0.987. The third-order valence-corrected chi connectivity index (χ3v) is 3.04. The van der Waals surface area contributed by atoms with Gasteiger partial charge in [0.25, 0.3) is 5.69 Å². The molecule has 5 heteroatoms. The average Bonchev–Trinajstić information content (AvgIpc) is 2.46. The molecule has 0 heterocycles. The molecular formula is C15H24N2O3. The predicted molar refractivity (Wildman–Crippen MR) is 80.0 cm³/mol. The number of rotatable bonds is 11. The van der Waals surface area contributed by atoms with Crippen LogP contribution in [0.4, 0.5) is 5.69 Å². The molecule has 0 aliphatic rings. The Morgan fingerprint density at radius 3 is 2.70 bits per heavy atom. The molecule has 0 atom stereocenters. The Hall–Kier alpha value is -1.46. The molecule has 0 unspecified atom stereocenters. The van der Waals surface area contributed by atoms with Gasteiger partial charge in [-0.25, -0.2) is 0 Å². The Morgan fingerprint density at radius 2 is 1.95 bits per heavy atom. The summed E-state index contributed by atoms with van der Waals surface area (Å²) < 4.78 is 5.46. The number of nitrogens with zero attached hydrogens (tertiary/aromatic N) is 1. The minimum Gasteiger partial charge on any atom is -0.381 e. The molecule has 0 aliphatic carbocycles. The number of hydrogen-bond donors (Lipinski definition) is 1. The Balaban J connectivity index is 2.11. The second-order valence-corrected chi connectivity index (χ2v) is 4.71. The Bertz CT molecular complexity index is 396. The van der Waals surface area contributed by atoms with Crippen LogP contribution in [-0.2, 0) is 11.2 Å². The lowest BCUT2D eigenvalue weighted by atomic mass is 10.1. The maximum atomic E-state index is 10.9. The molecule has 0 fully saturated rings. The van der Waals surface area contributed by atoms with Crippen LogP contribution in [-0.4, -0.2) is 31.2 Å². The fourth-order valence-corrected chi connectivity index (χ4v) is 1.90. The van der Waals surface area contributed by atoms with Crippen molar-refractivity contribution in [3.8, 4) is 0 Å². The van der Waals surface area contributed by atoms with Crippen LogP contribution in [0.25, 0.3) is 0 Å². The minimum atomic E-state index is -0.323. The highest BCUT2D eigenvalue weighted by molar-refractivity contribution is 5.39. The zero-order valence-electron chi connectivity index (χ0n) is 12.1. The van der Waals surface area contributed by atoms with Crippen molar-refractivity contribution in [2.45, 2.75) is 32.6 Å². The quantitative estimate of drug-likeness (QED) is 0.384. The van der Waals surface area contributed by atoms with Crippen LogP contribution in [0.5, 0.6) is 0 Å². The van der Waals surface area contributed by atoms with E-state index in [0.29, 0.717) is 6.42 Å². The molecule has 0 spiro atoms. The van der Waals surface area contributed by atoms with Gasteiger partial charge in [-0.15, -0.1) is 0 Å². The highest BCUT2D eigenvalue weighted by atomic mass is 16.6. The summed E-state index contributed by atoms with van der Waals surface area (Å²) in [6.45, 7) is 5.39. The molecule has 1 rings (SSSR count). The summed E-state index contributed by atoms with van der Waals surface area (Å²) in [7, 11) is 0. The summed E-state index contributed by atoms with van der Waals surface area (Å²) in [5.74, 6) is 0. The second-order valence-electron chi connectivity index (χ2n) is 4.71. The lowest BCUT2D eigenvalue weighted by Gasteiger charge is -2.06. The molecule has 20 heavy (non-hydrogen) atoms. The smallest absolute Gasteiger partial charge is 0.272 e. The molecule has 1 aromatic carbocycles. The lowest BCUT2D eigenvalue weighted by molar-refractivity contribution is -0.385. The van der Waals surface area contributed by atoms with Crippen LogP contribution in [0.1, 0.15) is 31.7 Å². The predicted octanol–water partition coefficient (Wildman–Crippen LogP) is 2.93. The van der Waals surface area contributed by atoms with Crippen molar-refractivity contribution in [3.05, 3.63) is 39.9 Å². The van der Waals surface area contributed by atoms with E-state index in [1.54, 1.807) is 12.1 Å². The zero-order valence-corrected chi connectivity index (χ0v) is 12.1. The Labute approximate surface area is 120 Å². The maximum Gasteiger partial charge on any atom is 0.272 e. The number of nitro groups is 1. The molecule has 1 N–H and O–H groups in total. The Morgan fingerprint density at radius 1 is 1.20 bits per heavy atom. The normalized spacial score (nSPS) is 10.7. The second kappa shape index (κ2) is 10.3. The van der Waals surface area contributed by atoms with Crippen LogP contribution in [0.15, 0.2) is 24.3 Å². The molecule has 5 nitrogen and oxygen atoms in total. The van der Waals surface area contributed by atoms with E-state index in [4.69, 9.17) is 4.74 Å². The summed E-state index contributed by atoms with van der Waals surface area (Å²) in [6, 6.07) is 6.90. The van der Waals surface area contributed by atoms with E-state index in [2.05, 4.69) is 12.2 Å². The molecule has 0 aromatic heterocycles. The number of ether oxygens (including phenoxy) is 1. The zero-order chi connectivity index (χ0) is 14.6. The standard InChI is InChI=1S/C15H24N2O3/c1-2-3-12-20-13-6-10-16-11-9-14-7-4-5-8-15(14)17(18)19/h4-5,7-8,16H,2-3,6,9-13H2,1H3. The van der Waals surface area contributed by atoms with Gasteiger partial charge in [-0.3, -0.25) is 10.1 Å². The lowest BCUT2D eigenvalue weighted by Crippen LogP contribution is -2.20. The molecular weight excluding hydrogens is 256 g/mol. The summed E-state index contributed by atoms with van der Waals surface area (Å²) >= 11 is 0. The number of para-hydroxylation sites is 1. The van der Waals surface area contributed by atoms with Crippen molar-refractivity contribution in [2.24, 2.45) is 0 Å². The van der Waals surface area contributed by atoms with Gasteiger partial charge in [-0.05, 0) is 32.4 Å². The van der Waals surface area contributed by atoms with E-state index < -0.39 is 0 Å². The minimum absolute atomic E-state index is 0.206. The summed E-state index contributed by atoms with van der Waals surface area (Å²) in [4.78, 5) is 10.5. The van der Waals surface area contributed by atoms with Crippen LogP contribution < -0.4 is 5.32 Å². The van der Waals surface area contributed by atoms with Gasteiger partial charge in [0.1, 0.15) is 0 Å². The van der Waals surface area contributed by atoms with Crippen molar-refractivity contribution in [3.63, 3.8) is 0 Å². The van der Waals surface area contributed by atoms with Gasteiger partial charge in [-0.2, -0.15) is 0 Å². The Kier molecular flexibility index (Phi) is 8.58. The fourth-order valence-electron chi connectivity index (χ4n) is 1.90. The van der Waals surface area contributed by atoms with Gasteiger partial charge < -0.3 is 10.1 Å². The first-order chi connectivity index (χ1) is 9.75. The van der Waals surface area contributed by atoms with Crippen molar-refractivity contribution in [2.75, 3.05) is 26.3 Å². The topological polar surface area (TPSA) is 64.4 Å². The SMILES string of the molecule is CCCCOCCCNCCc1ccccc1[N+](=O)[O-]. The summed E-state index contributed by atoms with van der Waals surface area (Å²) in [6.07, 6.45) is 3.92. The van der Waals surface area contributed by atoms with E-state index in [1.807, 2.05) is 12.1 Å². The van der Waals surface area contributed by atoms with E-state index in [1.165, 1.54) is 0 Å². The van der Waals surface area contributed by atoms with Gasteiger partial charge in [0.05, 0.1) is 4.92 Å². The highest BCUT2D eigenvalue weighted by Crippen LogP contribution is 2.17. The molecule has 1 aromatic rings. The van der Waals surface area contributed by atoms with E-state index in [9.17, 15) is 10.1 Å². The maximum absolute atomic E-state index is 10.9. The van der Waals surface area contributed by atoms with Crippen molar-refractivity contribution < 1.29 is 9.66 Å². The molecule has 0 amide bonds. The van der Waals surface area contributed by atoms with Crippen molar-refractivity contribution in [1.29, 1.82) is 0 Å². The van der Waals surface area contributed by atoms with Gasteiger partial charge in [0.15, 0.2) is 0 Å². The molecule has 0 aliphatic heterocycles. The van der Waals surface area contributed by atoms with Crippen LogP contribution in [0.2, 0.25) is 0 Å².